The van der Waals surface area contributed by atoms with Gasteiger partial charge in [-0.15, -0.1) is 10.2 Å². The van der Waals surface area contributed by atoms with Gasteiger partial charge in [-0.05, 0) is 48.5 Å². The summed E-state index contributed by atoms with van der Waals surface area (Å²) < 4.78 is 20.4. The summed E-state index contributed by atoms with van der Waals surface area (Å²) in [6.07, 6.45) is 1.59. The second-order valence-electron chi connectivity index (χ2n) is 5.81. The van der Waals surface area contributed by atoms with Crippen LogP contribution in [-0.4, -0.2) is 20.7 Å². The third-order valence-corrected chi connectivity index (χ3v) is 4.02. The number of para-hydroxylation sites is 1. The largest absolute Gasteiger partial charge is 0.451 e. The van der Waals surface area contributed by atoms with Gasteiger partial charge in [-0.25, -0.2) is 4.39 Å². The third kappa shape index (κ3) is 3.62. The zero-order valence-corrected chi connectivity index (χ0v) is 14.2. The lowest BCUT2D eigenvalue weighted by Gasteiger charge is -2.07. The molecule has 0 saturated carbocycles. The van der Waals surface area contributed by atoms with Crippen molar-refractivity contribution < 1.29 is 13.6 Å². The lowest BCUT2D eigenvalue weighted by molar-refractivity contribution is 0.0922. The maximum atomic E-state index is 13.0. The molecule has 1 N–H and O–H groups in total. The van der Waals surface area contributed by atoms with Crippen molar-refractivity contribution in [1.82, 2.24) is 20.1 Å². The second-order valence-corrected chi connectivity index (χ2v) is 5.81. The molecule has 27 heavy (non-hydrogen) atoms. The Morgan fingerprint density at radius 2 is 1.81 bits per heavy atom. The van der Waals surface area contributed by atoms with Gasteiger partial charge in [0, 0.05) is 11.3 Å². The van der Waals surface area contributed by atoms with Crippen LogP contribution in [0.25, 0.3) is 17.0 Å². The van der Waals surface area contributed by atoms with Crippen LogP contribution in [0.5, 0.6) is 0 Å². The van der Waals surface area contributed by atoms with Crippen LogP contribution >= 0.6 is 0 Å². The highest BCUT2D eigenvalue weighted by atomic mass is 19.1. The van der Waals surface area contributed by atoms with E-state index in [1.165, 1.54) is 12.1 Å². The minimum atomic E-state index is -0.369. The quantitative estimate of drug-likeness (QED) is 0.589. The van der Waals surface area contributed by atoms with Crippen molar-refractivity contribution in [1.29, 1.82) is 0 Å². The van der Waals surface area contributed by atoms with E-state index in [1.807, 2.05) is 30.3 Å². The molecule has 2 heterocycles. The summed E-state index contributed by atoms with van der Waals surface area (Å²) >= 11 is 0. The van der Waals surface area contributed by atoms with Gasteiger partial charge in [0.1, 0.15) is 17.9 Å². The third-order valence-electron chi connectivity index (χ3n) is 4.02. The fraction of sp³-hybridized carbons (Fsp3) is 0.0500. The van der Waals surface area contributed by atoms with Gasteiger partial charge in [0.15, 0.2) is 11.6 Å². The van der Waals surface area contributed by atoms with Crippen molar-refractivity contribution >= 4 is 5.91 Å². The molecule has 0 saturated heterocycles. The molecule has 4 aromatic rings. The molecule has 0 atom stereocenters. The van der Waals surface area contributed by atoms with Gasteiger partial charge in [0.2, 0.25) is 0 Å². The number of halogens is 1. The highest BCUT2D eigenvalue weighted by Gasteiger charge is 2.14. The Kier molecular flexibility index (Phi) is 4.49. The SMILES string of the molecule is O=C(NCc1nncn1-c1ccccc1)c1ccc(-c2ccc(F)cc2)o1. The average molecular weight is 362 g/mol. The van der Waals surface area contributed by atoms with Gasteiger partial charge in [-0.2, -0.15) is 0 Å². The number of carbonyl (C=O) groups excluding carboxylic acids is 1. The molecule has 0 bridgehead atoms. The van der Waals surface area contributed by atoms with Crippen LogP contribution in [0.4, 0.5) is 4.39 Å². The lowest BCUT2D eigenvalue weighted by atomic mass is 10.2. The number of furan rings is 1. The van der Waals surface area contributed by atoms with Gasteiger partial charge in [-0.3, -0.25) is 9.36 Å². The Labute approximate surface area is 154 Å². The van der Waals surface area contributed by atoms with Crippen LogP contribution in [0.1, 0.15) is 16.4 Å². The molecule has 0 aliphatic heterocycles. The van der Waals surface area contributed by atoms with Crippen molar-refractivity contribution in [2.75, 3.05) is 0 Å². The number of nitrogens with zero attached hydrogens (tertiary/aromatic N) is 3. The summed E-state index contributed by atoms with van der Waals surface area (Å²) in [5, 5.41) is 10.7. The van der Waals surface area contributed by atoms with Gasteiger partial charge >= 0.3 is 0 Å². The lowest BCUT2D eigenvalue weighted by Crippen LogP contribution is -2.24. The van der Waals surface area contributed by atoms with Crippen LogP contribution in [0.3, 0.4) is 0 Å². The predicted molar refractivity (Wildman–Crippen MR) is 96.6 cm³/mol. The fourth-order valence-electron chi connectivity index (χ4n) is 2.66. The average Bonchev–Trinajstić information content (AvgIpc) is 3.37. The van der Waals surface area contributed by atoms with E-state index in [0.29, 0.717) is 17.1 Å². The normalized spacial score (nSPS) is 10.7. The van der Waals surface area contributed by atoms with Gasteiger partial charge in [0.25, 0.3) is 5.91 Å². The first kappa shape index (κ1) is 16.7. The molecule has 7 heteroatoms. The van der Waals surface area contributed by atoms with Crippen LogP contribution in [-0.2, 0) is 6.54 Å². The van der Waals surface area contributed by atoms with Crippen LogP contribution in [0.15, 0.2) is 77.5 Å². The summed E-state index contributed by atoms with van der Waals surface area (Å²) in [4.78, 5) is 12.4. The summed E-state index contributed by atoms with van der Waals surface area (Å²) in [5.74, 6) is 0.560. The van der Waals surface area contributed by atoms with Crippen LogP contribution in [0, 0.1) is 5.82 Å². The first-order valence-electron chi connectivity index (χ1n) is 8.29. The number of benzene rings is 2. The van der Waals surface area contributed by atoms with Gasteiger partial charge in [-0.1, -0.05) is 18.2 Å². The molecule has 0 unspecified atom stereocenters. The van der Waals surface area contributed by atoms with E-state index in [2.05, 4.69) is 15.5 Å². The molecule has 1 amide bonds. The van der Waals surface area contributed by atoms with Crippen molar-refractivity contribution in [2.24, 2.45) is 0 Å². The Morgan fingerprint density at radius 1 is 1.04 bits per heavy atom. The summed E-state index contributed by atoms with van der Waals surface area (Å²) in [5.41, 5.74) is 1.60. The van der Waals surface area contributed by atoms with Crippen molar-refractivity contribution in [3.63, 3.8) is 0 Å². The second kappa shape index (κ2) is 7.25. The molecule has 0 radical (unpaired) electrons. The monoisotopic (exact) mass is 362 g/mol. The number of hydrogen-bond acceptors (Lipinski definition) is 4. The minimum Gasteiger partial charge on any atom is -0.451 e. The molecule has 134 valence electrons. The molecular formula is C20H15FN4O2. The van der Waals surface area contributed by atoms with Gasteiger partial charge < -0.3 is 9.73 Å². The Hall–Kier alpha value is -3.74. The van der Waals surface area contributed by atoms with Crippen molar-refractivity contribution in [3.05, 3.63) is 90.5 Å². The molecule has 6 nitrogen and oxygen atoms in total. The minimum absolute atomic E-state index is 0.167. The van der Waals surface area contributed by atoms with E-state index < -0.39 is 0 Å². The van der Waals surface area contributed by atoms with E-state index in [1.54, 1.807) is 35.2 Å². The Morgan fingerprint density at radius 3 is 2.59 bits per heavy atom. The zero-order valence-electron chi connectivity index (χ0n) is 14.2. The molecule has 2 aromatic carbocycles. The Bertz CT molecular complexity index is 1060. The fourth-order valence-corrected chi connectivity index (χ4v) is 2.66. The number of nitrogens with one attached hydrogen (secondary N) is 1. The van der Waals surface area contributed by atoms with Crippen molar-refractivity contribution in [3.8, 4) is 17.0 Å². The smallest absolute Gasteiger partial charge is 0.287 e. The maximum Gasteiger partial charge on any atom is 0.287 e. The highest BCUT2D eigenvalue weighted by Crippen LogP contribution is 2.22. The molecule has 0 spiro atoms. The molecule has 4 rings (SSSR count). The van der Waals surface area contributed by atoms with Crippen LogP contribution in [0.2, 0.25) is 0 Å². The van der Waals surface area contributed by atoms with E-state index in [-0.39, 0.29) is 24.0 Å². The predicted octanol–water partition coefficient (Wildman–Crippen LogP) is 3.60. The number of rotatable bonds is 5. The molecule has 0 aliphatic carbocycles. The van der Waals surface area contributed by atoms with E-state index >= 15 is 0 Å². The first-order chi connectivity index (χ1) is 13.2. The zero-order chi connectivity index (χ0) is 18.6. The number of aromatic nitrogens is 3. The molecule has 0 aliphatic rings. The maximum absolute atomic E-state index is 13.0. The number of amides is 1. The standard InChI is InChI=1S/C20H15FN4O2/c21-15-8-6-14(7-9-15)17-10-11-18(27-17)20(26)22-12-19-24-23-13-25(19)16-4-2-1-3-5-16/h1-11,13H,12H2,(H,22,26). The number of carbonyl (C=O) groups is 1. The summed E-state index contributed by atoms with van der Waals surface area (Å²) in [6, 6.07) is 18.7. The van der Waals surface area contributed by atoms with Crippen LogP contribution < -0.4 is 5.32 Å². The van der Waals surface area contributed by atoms with E-state index in [0.717, 1.165) is 5.69 Å². The highest BCUT2D eigenvalue weighted by molar-refractivity contribution is 5.92. The molecule has 0 fully saturated rings. The first-order valence-corrected chi connectivity index (χ1v) is 8.29. The number of hydrogen-bond donors (Lipinski definition) is 1. The molecule has 2 aromatic heterocycles. The van der Waals surface area contributed by atoms with Gasteiger partial charge in [0.05, 0.1) is 6.54 Å². The van der Waals surface area contributed by atoms with E-state index in [9.17, 15) is 9.18 Å². The summed E-state index contributed by atoms with van der Waals surface area (Å²) in [6.45, 7) is 0.195. The summed E-state index contributed by atoms with van der Waals surface area (Å²) in [7, 11) is 0. The van der Waals surface area contributed by atoms with E-state index in [4.69, 9.17) is 4.42 Å². The topological polar surface area (TPSA) is 73.0 Å². The van der Waals surface area contributed by atoms with Crippen molar-refractivity contribution in [2.45, 2.75) is 6.54 Å². The molecular weight excluding hydrogens is 347 g/mol. The Balaban J connectivity index is 1.45.